The molecule has 1 unspecified atom stereocenters. The molecule has 0 bridgehead atoms. The van der Waals surface area contributed by atoms with Gasteiger partial charge >= 0.3 is 0 Å². The van der Waals surface area contributed by atoms with Gasteiger partial charge in [0.05, 0.1) is 0 Å². The number of benzene rings is 1. The Bertz CT molecular complexity index is 427. The third kappa shape index (κ3) is 3.12. The Hall–Kier alpha value is -1.31. The van der Waals surface area contributed by atoms with E-state index in [1.54, 1.807) is 0 Å². The second-order valence-electron chi connectivity index (χ2n) is 5.99. The van der Waals surface area contributed by atoms with Gasteiger partial charge in [-0.1, -0.05) is 46.8 Å². The van der Waals surface area contributed by atoms with Crippen LogP contribution in [0.15, 0.2) is 12.1 Å². The van der Waals surface area contributed by atoms with Crippen molar-refractivity contribution < 1.29 is 9.90 Å². The van der Waals surface area contributed by atoms with E-state index in [1.165, 1.54) is 5.56 Å². The predicted molar refractivity (Wildman–Crippen MR) is 75.3 cm³/mol. The van der Waals surface area contributed by atoms with Crippen LogP contribution in [0.1, 0.15) is 63.6 Å². The first-order valence-corrected chi connectivity index (χ1v) is 6.61. The molecule has 0 spiro atoms. The van der Waals surface area contributed by atoms with Crippen molar-refractivity contribution in [3.05, 3.63) is 28.8 Å². The molecule has 1 aromatic carbocycles. The average molecular weight is 248 g/mol. The lowest BCUT2D eigenvalue weighted by molar-refractivity contribution is -0.108. The summed E-state index contributed by atoms with van der Waals surface area (Å²) in [6.45, 7) is 10.4. The Labute approximate surface area is 110 Å². The Morgan fingerprint density at radius 3 is 2.39 bits per heavy atom. The molecular formula is C16H24O2. The molecule has 0 saturated heterocycles. The molecule has 0 aliphatic rings. The summed E-state index contributed by atoms with van der Waals surface area (Å²) >= 11 is 0. The van der Waals surface area contributed by atoms with Crippen molar-refractivity contribution in [1.29, 1.82) is 0 Å². The average Bonchev–Trinajstić information content (AvgIpc) is 2.28. The largest absolute Gasteiger partial charge is 0.507 e. The van der Waals surface area contributed by atoms with Crippen molar-refractivity contribution in [2.75, 3.05) is 0 Å². The van der Waals surface area contributed by atoms with Crippen molar-refractivity contribution in [2.45, 2.75) is 58.8 Å². The van der Waals surface area contributed by atoms with E-state index in [-0.39, 0.29) is 11.3 Å². The Kier molecular flexibility index (Phi) is 4.55. The normalized spacial score (nSPS) is 13.4. The van der Waals surface area contributed by atoms with E-state index >= 15 is 0 Å². The van der Waals surface area contributed by atoms with Gasteiger partial charge in [0.25, 0.3) is 0 Å². The van der Waals surface area contributed by atoms with Gasteiger partial charge in [0.2, 0.25) is 0 Å². The number of rotatable bonds is 4. The zero-order valence-electron chi connectivity index (χ0n) is 12.1. The van der Waals surface area contributed by atoms with Crippen LogP contribution >= 0.6 is 0 Å². The van der Waals surface area contributed by atoms with Crippen molar-refractivity contribution in [3.63, 3.8) is 0 Å². The summed E-state index contributed by atoms with van der Waals surface area (Å²) in [6.07, 6.45) is 2.30. The number of hydrogen-bond acceptors (Lipinski definition) is 2. The van der Waals surface area contributed by atoms with Gasteiger partial charge in [-0.3, -0.25) is 0 Å². The molecule has 1 N–H and O–H groups in total. The van der Waals surface area contributed by atoms with Gasteiger partial charge < -0.3 is 9.90 Å². The molecule has 1 aromatic rings. The number of phenolic OH excluding ortho intramolecular Hbond substituents is 1. The van der Waals surface area contributed by atoms with Gasteiger partial charge in [0.15, 0.2) is 0 Å². The molecule has 0 aliphatic carbocycles. The molecular weight excluding hydrogens is 224 g/mol. The molecule has 2 nitrogen and oxygen atoms in total. The van der Waals surface area contributed by atoms with E-state index in [1.807, 2.05) is 13.0 Å². The van der Waals surface area contributed by atoms with E-state index < -0.39 is 0 Å². The van der Waals surface area contributed by atoms with Crippen LogP contribution in [0.5, 0.6) is 5.75 Å². The second kappa shape index (κ2) is 5.55. The zero-order chi connectivity index (χ0) is 13.9. The van der Waals surface area contributed by atoms with Crippen molar-refractivity contribution in [1.82, 2.24) is 0 Å². The van der Waals surface area contributed by atoms with Crippen LogP contribution in [0.25, 0.3) is 0 Å². The topological polar surface area (TPSA) is 37.3 Å². The lowest BCUT2D eigenvalue weighted by atomic mass is 9.81. The van der Waals surface area contributed by atoms with Crippen LogP contribution in [-0.4, -0.2) is 11.4 Å². The quantitative estimate of drug-likeness (QED) is 0.819. The maximum absolute atomic E-state index is 10.7. The smallest absolute Gasteiger partial charge is 0.122 e. The van der Waals surface area contributed by atoms with Crippen LogP contribution in [0.3, 0.4) is 0 Å². The summed E-state index contributed by atoms with van der Waals surface area (Å²) < 4.78 is 0. The number of phenols is 1. The molecule has 0 saturated carbocycles. The Balaban J connectivity index is 3.38. The van der Waals surface area contributed by atoms with Gasteiger partial charge in [0.1, 0.15) is 12.0 Å². The maximum Gasteiger partial charge on any atom is 0.122 e. The minimum absolute atomic E-state index is 0.0649. The predicted octanol–water partition coefficient (Wildman–Crippen LogP) is 3.94. The Morgan fingerprint density at radius 1 is 1.33 bits per heavy atom. The molecule has 0 radical (unpaired) electrons. The number of carbonyl (C=O) groups is 1. The first-order valence-electron chi connectivity index (χ1n) is 6.61. The molecule has 0 heterocycles. The summed E-state index contributed by atoms with van der Waals surface area (Å²) in [5.41, 5.74) is 2.98. The molecule has 0 amide bonds. The number of aldehydes is 1. The minimum Gasteiger partial charge on any atom is -0.507 e. The highest BCUT2D eigenvalue weighted by atomic mass is 16.3. The van der Waals surface area contributed by atoms with E-state index in [9.17, 15) is 9.90 Å². The fourth-order valence-corrected chi connectivity index (χ4v) is 2.14. The van der Waals surface area contributed by atoms with Gasteiger partial charge in [-0.2, -0.15) is 0 Å². The summed E-state index contributed by atoms with van der Waals surface area (Å²) in [5, 5.41) is 10.4. The highest BCUT2D eigenvalue weighted by molar-refractivity contribution is 5.55. The molecule has 0 fully saturated rings. The molecule has 0 aromatic heterocycles. The highest BCUT2D eigenvalue weighted by Gasteiger charge is 2.22. The van der Waals surface area contributed by atoms with E-state index in [0.717, 1.165) is 23.8 Å². The second-order valence-corrected chi connectivity index (χ2v) is 5.99. The zero-order valence-corrected chi connectivity index (χ0v) is 12.1. The van der Waals surface area contributed by atoms with Gasteiger partial charge in [-0.15, -0.1) is 0 Å². The highest BCUT2D eigenvalue weighted by Crippen LogP contribution is 2.38. The molecule has 1 atom stereocenters. The molecule has 1 rings (SSSR count). The minimum atomic E-state index is -0.0923. The van der Waals surface area contributed by atoms with Gasteiger partial charge in [0, 0.05) is 6.42 Å². The fraction of sp³-hybridized carbons (Fsp3) is 0.562. The monoisotopic (exact) mass is 248 g/mol. The number of carbonyl (C=O) groups excluding carboxylic acids is 1. The summed E-state index contributed by atoms with van der Waals surface area (Å²) in [5.74, 6) is 0.421. The molecule has 0 aliphatic heterocycles. The van der Waals surface area contributed by atoms with Gasteiger partial charge in [-0.05, 0) is 34.4 Å². The van der Waals surface area contributed by atoms with Crippen molar-refractivity contribution in [2.24, 2.45) is 0 Å². The standard InChI is InChI=1S/C16H24O2/c1-6-12-9-13(11(2)7-8-17)15(18)14(10-12)16(3,4)5/h8-11,18H,6-7H2,1-5H3. The fourth-order valence-electron chi connectivity index (χ4n) is 2.14. The van der Waals surface area contributed by atoms with Crippen LogP contribution in [0, 0.1) is 0 Å². The van der Waals surface area contributed by atoms with Crippen LogP contribution in [0.4, 0.5) is 0 Å². The first-order chi connectivity index (χ1) is 8.31. The van der Waals surface area contributed by atoms with E-state index in [0.29, 0.717) is 12.2 Å². The lowest BCUT2D eigenvalue weighted by Gasteiger charge is -2.24. The summed E-state index contributed by atoms with van der Waals surface area (Å²) in [7, 11) is 0. The van der Waals surface area contributed by atoms with Crippen molar-refractivity contribution in [3.8, 4) is 5.75 Å². The molecule has 18 heavy (non-hydrogen) atoms. The SMILES string of the molecule is CCc1cc(C(C)CC=O)c(O)c(C(C)(C)C)c1. The van der Waals surface area contributed by atoms with Crippen LogP contribution < -0.4 is 0 Å². The lowest BCUT2D eigenvalue weighted by Crippen LogP contribution is -2.13. The first kappa shape index (κ1) is 14.7. The van der Waals surface area contributed by atoms with E-state index in [4.69, 9.17) is 0 Å². The number of aryl methyl sites for hydroxylation is 1. The van der Waals surface area contributed by atoms with Crippen LogP contribution in [0.2, 0.25) is 0 Å². The molecule has 2 heteroatoms. The number of hydrogen-bond donors (Lipinski definition) is 1. The molecule has 100 valence electrons. The van der Waals surface area contributed by atoms with Gasteiger partial charge in [-0.25, -0.2) is 0 Å². The third-order valence-electron chi connectivity index (χ3n) is 3.40. The van der Waals surface area contributed by atoms with Crippen LogP contribution in [-0.2, 0) is 16.6 Å². The summed E-state index contributed by atoms with van der Waals surface area (Å²) in [6, 6.07) is 4.10. The van der Waals surface area contributed by atoms with Crippen molar-refractivity contribution >= 4 is 6.29 Å². The Morgan fingerprint density at radius 2 is 1.94 bits per heavy atom. The number of aromatic hydroxyl groups is 1. The maximum atomic E-state index is 10.7. The van der Waals surface area contributed by atoms with E-state index in [2.05, 4.69) is 33.8 Å². The third-order valence-corrected chi connectivity index (χ3v) is 3.40. The summed E-state index contributed by atoms with van der Waals surface area (Å²) in [4.78, 5) is 10.7.